The minimum absolute atomic E-state index is 0.105. The number of likely N-dealkylation sites (tertiary alicyclic amines) is 1. The van der Waals surface area contributed by atoms with Crippen LogP contribution in [0, 0.1) is 0 Å². The molecule has 3 aromatic rings. The van der Waals surface area contributed by atoms with Crippen molar-refractivity contribution in [2.45, 2.75) is 38.0 Å². The molecule has 1 amide bonds. The highest BCUT2D eigenvalue weighted by molar-refractivity contribution is 5.90. The van der Waals surface area contributed by atoms with Crippen LogP contribution < -0.4 is 0 Å². The van der Waals surface area contributed by atoms with Gasteiger partial charge in [-0.25, -0.2) is 9.97 Å². The summed E-state index contributed by atoms with van der Waals surface area (Å²) in [6.45, 7) is 1.34. The van der Waals surface area contributed by atoms with Crippen LogP contribution in [0.1, 0.15) is 52.9 Å². The maximum atomic E-state index is 12.5. The molecule has 8 nitrogen and oxygen atoms in total. The van der Waals surface area contributed by atoms with Gasteiger partial charge in [-0.3, -0.25) is 4.79 Å². The van der Waals surface area contributed by atoms with Crippen molar-refractivity contribution in [3.63, 3.8) is 0 Å². The largest absolute Gasteiger partial charge is 0.336 e. The van der Waals surface area contributed by atoms with E-state index < -0.39 is 0 Å². The minimum Gasteiger partial charge on any atom is -0.336 e. The zero-order valence-corrected chi connectivity index (χ0v) is 14.4. The highest BCUT2D eigenvalue weighted by Gasteiger charge is 2.29. The monoisotopic (exact) mass is 349 g/mol. The first-order valence-electron chi connectivity index (χ1n) is 9.10. The van der Waals surface area contributed by atoms with Crippen LogP contribution in [0.25, 0.3) is 5.65 Å². The first kappa shape index (κ1) is 15.4. The van der Waals surface area contributed by atoms with Crippen molar-refractivity contribution in [1.29, 1.82) is 0 Å². The van der Waals surface area contributed by atoms with Gasteiger partial charge in [-0.05, 0) is 49.8 Å². The molecule has 0 saturated carbocycles. The second-order valence-corrected chi connectivity index (χ2v) is 6.94. The van der Waals surface area contributed by atoms with Gasteiger partial charge in [0.15, 0.2) is 11.5 Å². The normalized spacial score (nSPS) is 17.6. The molecule has 0 atom stereocenters. The van der Waals surface area contributed by atoms with E-state index in [9.17, 15) is 4.79 Å². The van der Waals surface area contributed by atoms with E-state index in [4.69, 9.17) is 5.10 Å². The van der Waals surface area contributed by atoms with Crippen LogP contribution in [0.4, 0.5) is 0 Å². The van der Waals surface area contributed by atoms with E-state index in [2.05, 4.69) is 26.2 Å². The van der Waals surface area contributed by atoms with Gasteiger partial charge in [0, 0.05) is 31.4 Å². The molecule has 26 heavy (non-hydrogen) atoms. The van der Waals surface area contributed by atoms with E-state index in [0.29, 0.717) is 13.1 Å². The zero-order chi connectivity index (χ0) is 17.5. The number of aryl methyl sites for hydroxylation is 2. The van der Waals surface area contributed by atoms with Gasteiger partial charge < -0.3 is 4.90 Å². The average Bonchev–Trinajstić information content (AvgIpc) is 3.32. The van der Waals surface area contributed by atoms with Gasteiger partial charge in [0.25, 0.3) is 5.91 Å². The number of hydrogen-bond acceptors (Lipinski definition) is 6. The fourth-order valence-electron chi connectivity index (χ4n) is 3.94. The molecule has 4 heterocycles. The van der Waals surface area contributed by atoms with Crippen LogP contribution >= 0.6 is 0 Å². The third-order valence-electron chi connectivity index (χ3n) is 5.35. The van der Waals surface area contributed by atoms with Gasteiger partial charge in [0.1, 0.15) is 0 Å². The Hall–Kier alpha value is -2.90. The van der Waals surface area contributed by atoms with E-state index >= 15 is 0 Å². The number of nitrogens with zero attached hydrogens (tertiary/aromatic N) is 7. The molecule has 3 aromatic heterocycles. The first-order valence-corrected chi connectivity index (χ1v) is 9.10. The summed E-state index contributed by atoms with van der Waals surface area (Å²) < 4.78 is 1.91. The van der Waals surface area contributed by atoms with Crippen LogP contribution in [0.2, 0.25) is 0 Å². The third kappa shape index (κ3) is 2.53. The van der Waals surface area contributed by atoms with Gasteiger partial charge in [0.2, 0.25) is 5.82 Å². The fraction of sp³-hybridized carbons (Fsp3) is 0.444. The summed E-state index contributed by atoms with van der Waals surface area (Å²) in [5, 5.41) is 13.5. The number of piperidine rings is 1. The standard InChI is InChI=1S/C18H19N7O/c26-18(16-19-7-2-8-20-16)24-9-5-12(6-10-24)17-22-21-15-11-13-3-1-4-14(13)23-25(15)17/h2,7-8,11-12H,1,3-6,9-10H2. The van der Waals surface area contributed by atoms with E-state index in [-0.39, 0.29) is 17.6 Å². The smallest absolute Gasteiger partial charge is 0.291 e. The zero-order valence-electron chi connectivity index (χ0n) is 14.4. The third-order valence-corrected chi connectivity index (χ3v) is 5.35. The second-order valence-electron chi connectivity index (χ2n) is 6.94. The Morgan fingerprint density at radius 3 is 2.69 bits per heavy atom. The SMILES string of the molecule is O=C(c1ncccn1)N1CCC(c2nnc3cc4c(nn23)CCC4)CC1. The van der Waals surface area contributed by atoms with Crippen molar-refractivity contribution in [3.05, 3.63) is 47.4 Å². The molecule has 0 spiro atoms. The summed E-state index contributed by atoms with van der Waals surface area (Å²) >= 11 is 0. The first-order chi connectivity index (χ1) is 12.8. The lowest BCUT2D eigenvalue weighted by atomic mass is 9.96. The lowest BCUT2D eigenvalue weighted by Gasteiger charge is -2.30. The van der Waals surface area contributed by atoms with Crippen LogP contribution in [-0.4, -0.2) is 53.7 Å². The molecule has 0 bridgehead atoms. The Balaban J connectivity index is 1.34. The van der Waals surface area contributed by atoms with Crippen LogP contribution in [-0.2, 0) is 12.8 Å². The van der Waals surface area contributed by atoms with E-state index in [1.807, 2.05) is 9.42 Å². The van der Waals surface area contributed by atoms with Gasteiger partial charge in [0.05, 0.1) is 5.69 Å². The number of aromatic nitrogens is 6. The number of fused-ring (bicyclic) bond motifs is 2. The van der Waals surface area contributed by atoms with E-state index in [1.54, 1.807) is 18.5 Å². The van der Waals surface area contributed by atoms with Crippen LogP contribution in [0.3, 0.4) is 0 Å². The van der Waals surface area contributed by atoms with Crippen LogP contribution in [0.5, 0.6) is 0 Å². The molecule has 5 rings (SSSR count). The summed E-state index contributed by atoms with van der Waals surface area (Å²) in [5.74, 6) is 1.33. The van der Waals surface area contributed by atoms with E-state index in [0.717, 1.165) is 37.2 Å². The van der Waals surface area contributed by atoms with Gasteiger partial charge in [-0.1, -0.05) is 0 Å². The summed E-state index contributed by atoms with van der Waals surface area (Å²) in [4.78, 5) is 22.4. The predicted molar refractivity (Wildman–Crippen MR) is 92.7 cm³/mol. The lowest BCUT2D eigenvalue weighted by molar-refractivity contribution is 0.0698. The molecule has 8 heteroatoms. The van der Waals surface area contributed by atoms with Crippen LogP contribution in [0.15, 0.2) is 24.5 Å². The van der Waals surface area contributed by atoms with Gasteiger partial charge >= 0.3 is 0 Å². The summed E-state index contributed by atoms with van der Waals surface area (Å²) in [7, 11) is 0. The van der Waals surface area contributed by atoms with Crippen molar-refractivity contribution in [2.75, 3.05) is 13.1 Å². The Morgan fingerprint density at radius 2 is 1.88 bits per heavy atom. The fourth-order valence-corrected chi connectivity index (χ4v) is 3.94. The summed E-state index contributed by atoms with van der Waals surface area (Å²) in [6.07, 6.45) is 8.17. The van der Waals surface area contributed by atoms with Crippen molar-refractivity contribution >= 4 is 11.6 Å². The molecule has 0 aromatic carbocycles. The number of hydrogen-bond donors (Lipinski definition) is 0. The Kier molecular flexibility index (Phi) is 3.62. The highest BCUT2D eigenvalue weighted by Crippen LogP contribution is 2.28. The lowest BCUT2D eigenvalue weighted by Crippen LogP contribution is -2.39. The molecule has 1 fully saturated rings. The second kappa shape index (κ2) is 6.12. The van der Waals surface area contributed by atoms with Crippen molar-refractivity contribution < 1.29 is 4.79 Å². The Morgan fingerprint density at radius 1 is 1.08 bits per heavy atom. The molecule has 0 radical (unpaired) electrons. The molecule has 2 aliphatic rings. The quantitative estimate of drug-likeness (QED) is 0.695. The molecule has 0 unspecified atom stereocenters. The average molecular weight is 349 g/mol. The Labute approximate surface area is 150 Å². The molecule has 1 saturated heterocycles. The highest BCUT2D eigenvalue weighted by atomic mass is 16.2. The molecular weight excluding hydrogens is 330 g/mol. The van der Waals surface area contributed by atoms with Crippen molar-refractivity contribution in [2.24, 2.45) is 0 Å². The maximum absolute atomic E-state index is 12.5. The van der Waals surface area contributed by atoms with Crippen molar-refractivity contribution in [1.82, 2.24) is 34.7 Å². The molecule has 1 aliphatic carbocycles. The molecule has 1 aliphatic heterocycles. The summed E-state index contributed by atoms with van der Waals surface area (Å²) in [5.41, 5.74) is 3.31. The number of carbonyl (C=O) groups excluding carboxylic acids is 1. The topological polar surface area (TPSA) is 89.2 Å². The number of carbonyl (C=O) groups is 1. The number of amides is 1. The van der Waals surface area contributed by atoms with Crippen molar-refractivity contribution in [3.8, 4) is 0 Å². The molecular formula is C18H19N7O. The predicted octanol–water partition coefficient (Wildman–Crippen LogP) is 1.42. The number of rotatable bonds is 2. The Bertz CT molecular complexity index is 960. The maximum Gasteiger partial charge on any atom is 0.291 e. The van der Waals surface area contributed by atoms with Gasteiger partial charge in [-0.2, -0.15) is 9.61 Å². The van der Waals surface area contributed by atoms with E-state index in [1.165, 1.54) is 17.7 Å². The minimum atomic E-state index is -0.105. The molecule has 0 N–H and O–H groups in total. The summed E-state index contributed by atoms with van der Waals surface area (Å²) in [6, 6.07) is 3.83. The van der Waals surface area contributed by atoms with Gasteiger partial charge in [-0.15, -0.1) is 10.2 Å². The molecule has 132 valence electrons.